The van der Waals surface area contributed by atoms with Crippen molar-refractivity contribution in [3.8, 4) is 0 Å². The molecular formula is C40H68O11. The molecule has 2 unspecified atom stereocenters. The van der Waals surface area contributed by atoms with E-state index in [-0.39, 0.29) is 84.3 Å². The lowest BCUT2D eigenvalue weighted by molar-refractivity contribution is -0.353. The van der Waals surface area contributed by atoms with Crippen molar-refractivity contribution in [2.75, 3.05) is 13.7 Å². The maximum Gasteiger partial charge on any atom is 0.308 e. The quantitative estimate of drug-likeness (QED) is 0.269. The third kappa shape index (κ3) is 7.19. The molecule has 11 heteroatoms. The van der Waals surface area contributed by atoms with Crippen LogP contribution < -0.4 is 0 Å². The first-order valence-electron chi connectivity index (χ1n) is 20.0. The summed E-state index contributed by atoms with van der Waals surface area (Å²) in [5, 5.41) is 30.7. The largest absolute Gasteiger partial charge is 0.481 e. The fourth-order valence-corrected chi connectivity index (χ4v) is 11.3. The predicted octanol–water partition coefficient (Wildman–Crippen LogP) is 5.71. The zero-order chi connectivity index (χ0) is 37.3. The fraction of sp³-hybridized carbons (Fsp3) is 0.975. The molecule has 0 bridgehead atoms. The maximum absolute atomic E-state index is 11.8. The minimum Gasteiger partial charge on any atom is -0.481 e. The predicted molar refractivity (Wildman–Crippen MR) is 189 cm³/mol. The molecule has 1 spiro atoms. The Morgan fingerprint density at radius 1 is 0.863 bits per heavy atom. The lowest BCUT2D eigenvalue weighted by atomic mass is 9.78. The zero-order valence-electron chi connectivity index (χ0n) is 32.8. The Kier molecular flexibility index (Phi) is 11.4. The van der Waals surface area contributed by atoms with Crippen LogP contribution >= 0.6 is 0 Å². The number of carboxylic acids is 1. The van der Waals surface area contributed by atoms with Crippen LogP contribution in [0.5, 0.6) is 0 Å². The van der Waals surface area contributed by atoms with Crippen LogP contribution in [0.15, 0.2) is 0 Å². The van der Waals surface area contributed by atoms with Crippen LogP contribution in [0.25, 0.3) is 0 Å². The Morgan fingerprint density at radius 3 is 2.25 bits per heavy atom. The summed E-state index contributed by atoms with van der Waals surface area (Å²) in [7, 11) is 1.77. The SMILES string of the molecule is CO[C@@H]1C[C@@H](C[C@H]2CC[C@H](C)[C@H]([C@@H](C)C(=O)O)O2)O[C@]2(O[C@](C)([C@H]3CC[C@@](C)(C4O[C@@H](C5O[C@@](O)(CO)[C@H](C)C[C@@H]5C)C[C@@H]4C)O3)C[C@H]2C)[C@@H]1C. The molecule has 0 aromatic carbocycles. The third-order valence-electron chi connectivity index (χ3n) is 14.4. The number of rotatable bonds is 9. The van der Waals surface area contributed by atoms with E-state index in [1.165, 1.54) is 0 Å². The lowest BCUT2D eigenvalue weighted by Gasteiger charge is -2.50. The van der Waals surface area contributed by atoms with Gasteiger partial charge in [-0.15, -0.1) is 0 Å². The van der Waals surface area contributed by atoms with E-state index in [4.69, 9.17) is 33.2 Å². The second kappa shape index (κ2) is 14.6. The highest BCUT2D eigenvalue weighted by molar-refractivity contribution is 5.70. The molecule has 6 heterocycles. The molecule has 6 rings (SSSR count). The summed E-state index contributed by atoms with van der Waals surface area (Å²) in [5.74, 6) is -3.26. The van der Waals surface area contributed by atoms with Crippen LogP contribution in [0.4, 0.5) is 0 Å². The molecular weight excluding hydrogens is 656 g/mol. The molecule has 294 valence electrons. The Balaban J connectivity index is 1.13. The molecule has 0 aliphatic carbocycles. The lowest BCUT2D eigenvalue weighted by Crippen LogP contribution is -2.58. The van der Waals surface area contributed by atoms with Crippen molar-refractivity contribution < 1.29 is 53.3 Å². The first-order valence-corrected chi connectivity index (χ1v) is 20.0. The van der Waals surface area contributed by atoms with E-state index in [1.54, 1.807) is 14.0 Å². The van der Waals surface area contributed by atoms with Crippen molar-refractivity contribution >= 4 is 5.97 Å². The molecule has 6 saturated heterocycles. The number of aliphatic hydroxyl groups excluding tert-OH is 1. The van der Waals surface area contributed by atoms with Crippen molar-refractivity contribution in [1.29, 1.82) is 0 Å². The molecule has 3 N–H and O–H groups in total. The van der Waals surface area contributed by atoms with Gasteiger partial charge in [-0.25, -0.2) is 0 Å². The van der Waals surface area contributed by atoms with E-state index in [9.17, 15) is 20.1 Å². The second-order valence-electron chi connectivity index (χ2n) is 18.4. The number of hydrogen-bond acceptors (Lipinski definition) is 10. The van der Waals surface area contributed by atoms with Crippen molar-refractivity contribution in [2.24, 2.45) is 41.4 Å². The summed E-state index contributed by atoms with van der Waals surface area (Å²) >= 11 is 0. The first-order chi connectivity index (χ1) is 23.9. The molecule has 51 heavy (non-hydrogen) atoms. The van der Waals surface area contributed by atoms with Gasteiger partial charge < -0.3 is 48.5 Å². The molecule has 6 fully saturated rings. The van der Waals surface area contributed by atoms with Crippen molar-refractivity contribution in [3.63, 3.8) is 0 Å². The van der Waals surface area contributed by atoms with Crippen LogP contribution in [-0.4, -0.2) is 107 Å². The number of hydrogen-bond donors (Lipinski definition) is 3. The molecule has 0 aromatic heterocycles. The minimum absolute atomic E-state index is 0.00727. The van der Waals surface area contributed by atoms with Crippen LogP contribution in [0.3, 0.4) is 0 Å². The zero-order valence-corrected chi connectivity index (χ0v) is 32.8. The fourth-order valence-electron chi connectivity index (χ4n) is 11.3. The van der Waals surface area contributed by atoms with Gasteiger partial charge in [0.15, 0.2) is 11.6 Å². The van der Waals surface area contributed by atoms with E-state index < -0.39 is 41.3 Å². The Morgan fingerprint density at radius 2 is 1.59 bits per heavy atom. The van der Waals surface area contributed by atoms with Gasteiger partial charge in [0.25, 0.3) is 0 Å². The van der Waals surface area contributed by atoms with Gasteiger partial charge in [-0.1, -0.05) is 41.5 Å². The van der Waals surface area contributed by atoms with Gasteiger partial charge in [-0.2, -0.15) is 0 Å². The average molecular weight is 725 g/mol. The van der Waals surface area contributed by atoms with Crippen molar-refractivity contribution in [2.45, 2.75) is 192 Å². The van der Waals surface area contributed by atoms with E-state index in [2.05, 4.69) is 48.5 Å². The highest BCUT2D eigenvalue weighted by atomic mass is 16.7. The first kappa shape index (κ1) is 39.8. The summed E-state index contributed by atoms with van der Waals surface area (Å²) in [6.07, 6.45) is 5.85. The van der Waals surface area contributed by atoms with Crippen LogP contribution in [0, 0.1) is 41.4 Å². The Bertz CT molecular complexity index is 1230. The van der Waals surface area contributed by atoms with Gasteiger partial charge >= 0.3 is 5.97 Å². The number of methoxy groups -OCH3 is 1. The maximum atomic E-state index is 11.8. The summed E-state index contributed by atoms with van der Waals surface area (Å²) in [6, 6.07) is 0. The smallest absolute Gasteiger partial charge is 0.308 e. The van der Waals surface area contributed by atoms with Crippen LogP contribution in [0.2, 0.25) is 0 Å². The minimum atomic E-state index is -1.55. The van der Waals surface area contributed by atoms with Crippen molar-refractivity contribution in [1.82, 2.24) is 0 Å². The molecule has 0 radical (unpaired) electrons. The normalized spacial score (nSPS) is 54.2. The van der Waals surface area contributed by atoms with Gasteiger partial charge in [-0.05, 0) is 83.5 Å². The number of aliphatic carboxylic acids is 1. The third-order valence-corrected chi connectivity index (χ3v) is 14.4. The van der Waals surface area contributed by atoms with E-state index in [1.807, 2.05) is 6.92 Å². The number of ether oxygens (including phenoxy) is 7. The molecule has 6 aliphatic heterocycles. The summed E-state index contributed by atoms with van der Waals surface area (Å²) in [5.41, 5.74) is -1.10. The molecule has 0 saturated carbocycles. The molecule has 11 nitrogen and oxygen atoms in total. The second-order valence-corrected chi connectivity index (χ2v) is 18.4. The van der Waals surface area contributed by atoms with E-state index >= 15 is 0 Å². The van der Waals surface area contributed by atoms with Gasteiger partial charge in [0.1, 0.15) is 0 Å². The monoisotopic (exact) mass is 724 g/mol. The standard InChI is InChI=1S/C40H68O11/c1-21-11-12-28(46-33(21)26(6)36(42)43)17-29-18-30(45-10)27(7)40(48-29)25(5)19-38(9,51-40)32-13-14-37(8,49-32)35-23(3)16-31(47-35)34-22(2)15-24(4)39(44,20-41)50-34/h21-35,41,44H,11-20H2,1-10H3,(H,42,43)/t21-,22-,23-,24+,25+,26+,27+,28+,29+,30+,31+,32+,33+,34?,35?,37-,38-,39-,40+/m0/s1. The van der Waals surface area contributed by atoms with Crippen LogP contribution in [-0.2, 0) is 38.0 Å². The summed E-state index contributed by atoms with van der Waals surface area (Å²) in [6.45, 7) is 18.4. The van der Waals surface area contributed by atoms with Gasteiger partial charge in [0.05, 0.1) is 72.6 Å². The van der Waals surface area contributed by atoms with E-state index in [0.717, 1.165) is 51.4 Å². The molecule has 0 aromatic rings. The van der Waals surface area contributed by atoms with Crippen LogP contribution in [0.1, 0.15) is 120 Å². The number of carbonyl (C=O) groups is 1. The summed E-state index contributed by atoms with van der Waals surface area (Å²) in [4.78, 5) is 11.8. The topological polar surface area (TPSA) is 142 Å². The highest BCUT2D eigenvalue weighted by Gasteiger charge is 2.65. The number of carboxylic acid groups (broad SMARTS) is 1. The molecule has 0 amide bonds. The van der Waals surface area contributed by atoms with Crippen molar-refractivity contribution in [3.05, 3.63) is 0 Å². The van der Waals surface area contributed by atoms with Gasteiger partial charge in [0, 0.05) is 37.7 Å². The highest BCUT2D eigenvalue weighted by Crippen LogP contribution is 2.57. The Hall–Kier alpha value is -0.890. The molecule has 19 atom stereocenters. The van der Waals surface area contributed by atoms with E-state index in [0.29, 0.717) is 6.42 Å². The summed E-state index contributed by atoms with van der Waals surface area (Å²) < 4.78 is 47.0. The molecule has 6 aliphatic rings. The Labute approximate surface area is 305 Å². The van der Waals surface area contributed by atoms with Gasteiger partial charge in [0.2, 0.25) is 0 Å². The number of aliphatic hydroxyl groups is 2. The van der Waals surface area contributed by atoms with Gasteiger partial charge in [-0.3, -0.25) is 4.79 Å². The average Bonchev–Trinajstić information content (AvgIpc) is 3.75.